The van der Waals surface area contributed by atoms with Gasteiger partial charge >= 0.3 is 5.97 Å². The minimum absolute atomic E-state index is 0.00409. The van der Waals surface area contributed by atoms with Crippen LogP contribution in [-0.2, 0) is 107 Å². The van der Waals surface area contributed by atoms with Gasteiger partial charge in [-0.15, -0.1) is 0 Å². The number of carbonyl (C=O) groups excluding carboxylic acids is 16. The number of ether oxygens (including phenoxy) is 4. The minimum atomic E-state index is -2.27. The van der Waals surface area contributed by atoms with Crippen LogP contribution in [0.25, 0.3) is 0 Å². The van der Waals surface area contributed by atoms with Crippen molar-refractivity contribution in [3.05, 3.63) is 18.2 Å². The van der Waals surface area contributed by atoms with E-state index >= 15 is 14.4 Å². The number of aromatic amines is 1. The molecule has 0 radical (unpaired) electrons. The number of carbonyl (C=O) groups is 17. The number of H-pyrrole nitrogens is 1. The van der Waals surface area contributed by atoms with Gasteiger partial charge in [-0.25, -0.2) is 4.98 Å². The Morgan fingerprint density at radius 2 is 1.10 bits per heavy atom. The number of aliphatic carboxylic acids is 1. The number of guanidine groups is 1. The quantitative estimate of drug-likeness (QED) is 0.0164. The van der Waals surface area contributed by atoms with E-state index < -0.39 is 285 Å². The third-order valence-corrected chi connectivity index (χ3v) is 21.3. The smallest absolute Gasteiger partial charge is 0.305 e. The number of amides is 16. The summed E-state index contributed by atoms with van der Waals surface area (Å²) in [5.41, 5.74) is 17.8. The van der Waals surface area contributed by atoms with Gasteiger partial charge in [-0.05, 0) is 85.0 Å². The number of nitrogens with two attached hydrogens (primary N) is 3. The summed E-state index contributed by atoms with van der Waals surface area (Å²) in [6.07, 6.45) is -17.0. The van der Waals surface area contributed by atoms with Gasteiger partial charge in [0.2, 0.25) is 94.5 Å². The second-order valence-corrected chi connectivity index (χ2v) is 31.3. The van der Waals surface area contributed by atoms with Gasteiger partial charge in [0, 0.05) is 65.4 Å². The number of nitrogens with zero attached hydrogens (tertiary/aromatic N) is 5. The Morgan fingerprint density at radius 3 is 1.63 bits per heavy atom. The van der Waals surface area contributed by atoms with Crippen LogP contribution in [-0.4, -0.2) is 384 Å². The first kappa shape index (κ1) is 103. The lowest BCUT2D eigenvalue weighted by molar-refractivity contribution is -0.332. The van der Waals surface area contributed by atoms with Gasteiger partial charge in [-0.3, -0.25) is 86.5 Å². The van der Waals surface area contributed by atoms with E-state index in [1.54, 1.807) is 0 Å². The summed E-state index contributed by atoms with van der Waals surface area (Å²) in [4.78, 5) is 248. The maximum atomic E-state index is 15.5. The number of nitrogens with one attached hydrogen (secondary N) is 14. The van der Waals surface area contributed by atoms with Crippen LogP contribution in [0.4, 0.5) is 0 Å². The van der Waals surface area contributed by atoms with Gasteiger partial charge in [0.05, 0.1) is 63.9 Å². The zero-order valence-corrected chi connectivity index (χ0v) is 70.6. The third-order valence-electron chi connectivity index (χ3n) is 21.3. The fourth-order valence-corrected chi connectivity index (χ4v) is 14.7. The number of hydrogen-bond donors (Lipinski definition) is 25. The molecule has 51 nitrogen and oxygen atoms in total. The van der Waals surface area contributed by atoms with Crippen molar-refractivity contribution in [2.45, 2.75) is 266 Å². The number of aliphatic imine (C=N–C) groups is 1. The number of aromatic nitrogens is 2. The number of hydrogen-bond acceptors (Lipinski definition) is 31. The number of imidazole rings is 1. The van der Waals surface area contributed by atoms with E-state index in [-0.39, 0.29) is 90.0 Å². The molecule has 24 atom stereocenters. The number of likely N-dealkylation sites (N-methyl/N-ethyl adjacent to an activating group) is 1. The van der Waals surface area contributed by atoms with Crippen molar-refractivity contribution in [2.75, 3.05) is 66.1 Å². The highest BCUT2D eigenvalue weighted by Gasteiger charge is 2.54. The number of carboxylic acids is 1. The van der Waals surface area contributed by atoms with Gasteiger partial charge in [0.25, 0.3) is 0 Å². The molecule has 0 bridgehead atoms. The monoisotopic (exact) mass is 1780 g/mol. The topological polar surface area (TPSA) is 774 Å². The van der Waals surface area contributed by atoms with Crippen LogP contribution in [0.3, 0.4) is 0 Å². The first-order chi connectivity index (χ1) is 59.0. The van der Waals surface area contributed by atoms with E-state index in [1.165, 1.54) is 45.2 Å². The number of aliphatic hydroxyl groups is 7. The molecule has 5 aliphatic heterocycles. The largest absolute Gasteiger partial charge is 0.481 e. The first-order valence-electron chi connectivity index (χ1n) is 40.8. The molecule has 5 aliphatic rings. The summed E-state index contributed by atoms with van der Waals surface area (Å²) in [6.45, 7) is 5.12. The molecular formula is C74H120N22O29. The molecule has 18 unspecified atom stereocenters. The number of rotatable bonds is 44. The molecule has 1 aromatic heterocycles. The first-order valence-corrected chi connectivity index (χ1v) is 40.8. The summed E-state index contributed by atoms with van der Waals surface area (Å²) in [6, 6.07) is -22.9. The number of carboxylic acid groups (broad SMARTS) is 1. The molecule has 6 heterocycles. The standard InChI is InChI=1S/C74H120N22O29/c1-31(2)51(91-49(104)26-81-60(110)39(75)22-38-24-79-30-83-38)66(116)92-52(34(5)100)67(117)90-42(27-97)62(112)84-32(3)69(119)95-20-12-17-45(95)65(115)89-41(23-50(105)106)61(111)93-53(35(6)122-73-55(87-37(8)102)59(57(108)47(29-99)124-73)125-72-54(86-36(7)101)58(109)56(107)46(28-98)123-72)68(118)88-40(14-10-18-80-74(76)77)71(121)96-21-13-16-44(96)64(114)85-33(4)70(120)94-19-11-15-43(94)63(113)82-25-48(103)78-9/h24,30-35,39-47,51-59,72-73,97-100,107-109H,10-23,25-29,75H2,1-9H3,(H,78,103)(H,79,83)(H,81,110)(H,82,113)(H,84,112)(H,85,114)(H,86,101)(H,87,102)(H,88,118)(H,89,115)(H,90,117)(H,91,104)(H,92,116)(H,93,111)(H,105,106)(H4,76,77,80)/t32?,33?,34?,35?,39?,40?,41?,42?,43?,44?,45?,46-,47-,51?,52?,53?,54?,55?,56+,57-,58?,59?,72-,73-/m0/s1. The Kier molecular flexibility index (Phi) is 39.9. The normalized spacial score (nSPS) is 24.9. The van der Waals surface area contributed by atoms with E-state index in [0.717, 1.165) is 44.4 Å². The highest BCUT2D eigenvalue weighted by molar-refractivity contribution is 6.01. The van der Waals surface area contributed by atoms with E-state index in [2.05, 4.69) is 84.1 Å². The highest BCUT2D eigenvalue weighted by Crippen LogP contribution is 2.32. The van der Waals surface area contributed by atoms with Crippen LogP contribution >= 0.6 is 0 Å². The molecule has 5 fully saturated rings. The summed E-state index contributed by atoms with van der Waals surface area (Å²) in [7, 11) is 1.37. The van der Waals surface area contributed by atoms with E-state index in [1.807, 2.05) is 0 Å². The molecule has 125 heavy (non-hydrogen) atoms. The van der Waals surface area contributed by atoms with Gasteiger partial charge in [0.1, 0.15) is 115 Å². The van der Waals surface area contributed by atoms with Crippen molar-refractivity contribution in [3.8, 4) is 0 Å². The van der Waals surface area contributed by atoms with Crippen molar-refractivity contribution in [1.29, 1.82) is 0 Å². The molecular weight excluding hydrogens is 1660 g/mol. The van der Waals surface area contributed by atoms with Gasteiger partial charge < -0.3 is 166 Å². The van der Waals surface area contributed by atoms with Crippen LogP contribution in [0.1, 0.15) is 119 Å². The highest BCUT2D eigenvalue weighted by atomic mass is 16.7. The molecule has 6 rings (SSSR count). The third kappa shape index (κ3) is 29.0. The summed E-state index contributed by atoms with van der Waals surface area (Å²) >= 11 is 0. The van der Waals surface area contributed by atoms with Crippen LogP contribution in [0, 0.1) is 5.92 Å². The summed E-state index contributed by atoms with van der Waals surface area (Å²) < 4.78 is 24.3. The van der Waals surface area contributed by atoms with E-state index in [0.29, 0.717) is 12.1 Å². The molecule has 700 valence electrons. The Morgan fingerprint density at radius 1 is 0.584 bits per heavy atom. The van der Waals surface area contributed by atoms with Crippen LogP contribution in [0.15, 0.2) is 17.5 Å². The van der Waals surface area contributed by atoms with Gasteiger partial charge in [0.15, 0.2) is 18.5 Å². The van der Waals surface area contributed by atoms with Crippen molar-refractivity contribution in [2.24, 2.45) is 28.1 Å². The van der Waals surface area contributed by atoms with Crippen molar-refractivity contribution < 1.29 is 141 Å². The average molecular weight is 1780 g/mol. The van der Waals surface area contributed by atoms with Gasteiger partial charge in [-0.2, -0.15) is 0 Å². The number of likely N-dealkylation sites (tertiary alicyclic amines) is 3. The fourth-order valence-electron chi connectivity index (χ4n) is 14.7. The summed E-state index contributed by atoms with van der Waals surface area (Å²) in [5.74, 6) is -18.2. The van der Waals surface area contributed by atoms with E-state index in [4.69, 9.17) is 36.1 Å². The molecule has 28 N–H and O–H groups in total. The molecule has 0 aliphatic carbocycles. The predicted octanol–water partition coefficient (Wildman–Crippen LogP) is -14.0. The van der Waals surface area contributed by atoms with Crippen molar-refractivity contribution in [1.82, 2.24) is 93.8 Å². The average Bonchev–Trinajstić information content (AvgIpc) is 1.60. The van der Waals surface area contributed by atoms with Crippen molar-refractivity contribution in [3.63, 3.8) is 0 Å². The lowest BCUT2D eigenvalue weighted by Gasteiger charge is -2.48. The zero-order valence-electron chi connectivity index (χ0n) is 70.6. The molecule has 0 aromatic carbocycles. The van der Waals surface area contributed by atoms with Crippen LogP contribution < -0.4 is 86.3 Å². The lowest BCUT2D eigenvalue weighted by atomic mass is 9.94. The van der Waals surface area contributed by atoms with Gasteiger partial charge in [-0.1, -0.05) is 13.8 Å². The Balaban J connectivity index is 1.27. The van der Waals surface area contributed by atoms with E-state index in [9.17, 15) is 108 Å². The maximum absolute atomic E-state index is 15.5. The number of aliphatic hydroxyl groups excluding tert-OH is 7. The second-order valence-electron chi connectivity index (χ2n) is 31.3. The molecule has 16 amide bonds. The van der Waals surface area contributed by atoms with Crippen LogP contribution in [0.2, 0.25) is 0 Å². The van der Waals surface area contributed by atoms with Crippen molar-refractivity contribution >= 4 is 106 Å². The molecule has 5 saturated heterocycles. The zero-order chi connectivity index (χ0) is 93.1. The molecule has 0 saturated carbocycles. The van der Waals surface area contributed by atoms with Crippen LogP contribution in [0.5, 0.6) is 0 Å². The second kappa shape index (κ2) is 48.5. The fraction of sp³-hybridized carbons (Fsp3) is 0.716. The lowest BCUT2D eigenvalue weighted by Crippen LogP contribution is -2.70. The molecule has 0 spiro atoms. The Bertz CT molecular complexity index is 3970. The molecule has 51 heteroatoms. The predicted molar refractivity (Wildman–Crippen MR) is 427 cm³/mol. The summed E-state index contributed by atoms with van der Waals surface area (Å²) in [5, 5.41) is 117. The maximum Gasteiger partial charge on any atom is 0.305 e. The Labute approximate surface area is 717 Å². The SMILES string of the molecule is CNC(=O)CNC(=O)C1CCCN1C(=O)C(C)NC(=O)C1CCCN1C(=O)C(CCCN=C(N)N)NC(=O)C(NC(=O)C(CC(=O)O)NC(=O)C1CCCN1C(=O)C(C)NC(=O)C(CO)NC(=O)C(NC(=O)C(NC(=O)CNC(=O)C(N)Cc1cnc[nH]1)C(C)C)C(C)O)C(C)O[C@H]1O[C@@H](CO)[C@H](O)C(O[C@@H]2O[C@@H](CO)[C@@H](O)C(O)C2NC(C)=O)C1NC(C)=O. The molecule has 1 aromatic rings. The minimum Gasteiger partial charge on any atom is -0.481 e. The Hall–Kier alpha value is -11.0.